The summed E-state index contributed by atoms with van der Waals surface area (Å²) in [6.45, 7) is 2.01. The molecule has 0 amide bonds. The molecule has 1 aromatic carbocycles. The Labute approximate surface area is 100 Å². The number of hydrogen-bond acceptors (Lipinski definition) is 2. The lowest BCUT2D eigenvalue weighted by Gasteiger charge is -2.06. The molecule has 0 spiro atoms. The van der Waals surface area contributed by atoms with Crippen LogP contribution in [0.25, 0.3) is 0 Å². The van der Waals surface area contributed by atoms with Crippen LogP contribution in [0.15, 0.2) is 30.0 Å². The van der Waals surface area contributed by atoms with Gasteiger partial charge in [-0.25, -0.2) is 0 Å². The smallest absolute Gasteiger partial charge is 0.160 e. The Morgan fingerprint density at radius 2 is 2.19 bits per heavy atom. The van der Waals surface area contributed by atoms with E-state index in [-0.39, 0.29) is 5.78 Å². The van der Waals surface area contributed by atoms with Gasteiger partial charge in [-0.1, -0.05) is 17.7 Å². The molecule has 1 saturated carbocycles. The number of Topliss-reactive ketones (excluding diaryl/α,β-unsaturated/α-hetero) is 1. The molecule has 2 rings (SSSR count). The van der Waals surface area contributed by atoms with Crippen molar-refractivity contribution in [3.8, 4) is 0 Å². The molecular weight excluding hydrogens is 222 g/mol. The fourth-order valence-corrected chi connectivity index (χ4v) is 1.98. The summed E-state index contributed by atoms with van der Waals surface area (Å²) >= 11 is 5.91. The summed E-state index contributed by atoms with van der Waals surface area (Å²) in [5, 5.41) is 3.86. The molecule has 3 heteroatoms. The van der Waals surface area contributed by atoms with Crippen LogP contribution in [0.2, 0.25) is 5.02 Å². The first-order valence-corrected chi connectivity index (χ1v) is 5.79. The van der Waals surface area contributed by atoms with Crippen molar-refractivity contribution in [3.05, 3.63) is 40.6 Å². The molecule has 0 aromatic heterocycles. The number of hydrogen-bond donors (Lipinski definition) is 1. The lowest BCUT2D eigenvalue weighted by Crippen LogP contribution is -1.97. The number of aryl methyl sites for hydroxylation is 1. The number of ketones is 1. The molecule has 0 bridgehead atoms. The van der Waals surface area contributed by atoms with E-state index in [1.165, 1.54) is 0 Å². The van der Waals surface area contributed by atoms with Gasteiger partial charge in [0, 0.05) is 28.9 Å². The first-order valence-electron chi connectivity index (χ1n) is 5.42. The van der Waals surface area contributed by atoms with Gasteiger partial charge in [-0.3, -0.25) is 4.79 Å². The fraction of sp³-hybridized carbons (Fsp3) is 0.308. The van der Waals surface area contributed by atoms with Gasteiger partial charge in [-0.15, -0.1) is 0 Å². The molecule has 1 fully saturated rings. The van der Waals surface area contributed by atoms with E-state index >= 15 is 0 Å². The number of benzene rings is 1. The average Bonchev–Trinajstić information content (AvgIpc) is 2.66. The number of carbonyl (C=O) groups excluding carboxylic acids is 1. The zero-order valence-corrected chi connectivity index (χ0v) is 9.97. The monoisotopic (exact) mass is 235 g/mol. The standard InChI is InChI=1S/C13H14ClNO/c1-9-5-6-11(14)7-12(9)15-8-10-3-2-4-13(10)16/h5-8,15H,2-4H2,1H3/b10-8-. The molecule has 0 heterocycles. The van der Waals surface area contributed by atoms with Gasteiger partial charge >= 0.3 is 0 Å². The Bertz CT molecular complexity index is 451. The molecule has 1 aromatic rings. The fourth-order valence-electron chi connectivity index (χ4n) is 1.81. The number of nitrogens with one attached hydrogen (secondary N) is 1. The van der Waals surface area contributed by atoms with Crippen molar-refractivity contribution < 1.29 is 4.79 Å². The molecule has 0 saturated heterocycles. The van der Waals surface area contributed by atoms with E-state index < -0.39 is 0 Å². The molecule has 16 heavy (non-hydrogen) atoms. The second-order valence-corrected chi connectivity index (χ2v) is 4.49. The summed E-state index contributed by atoms with van der Waals surface area (Å²) in [6.07, 6.45) is 4.35. The molecule has 0 radical (unpaired) electrons. The van der Waals surface area contributed by atoms with E-state index in [1.807, 2.05) is 31.3 Å². The number of allylic oxidation sites excluding steroid dienone is 1. The first kappa shape index (κ1) is 11.2. The van der Waals surface area contributed by atoms with Crippen LogP contribution in [-0.2, 0) is 4.79 Å². The normalized spacial score (nSPS) is 18.1. The maximum absolute atomic E-state index is 11.4. The number of halogens is 1. The van der Waals surface area contributed by atoms with Crippen molar-refractivity contribution in [2.24, 2.45) is 0 Å². The molecule has 1 N–H and O–H groups in total. The Morgan fingerprint density at radius 3 is 2.88 bits per heavy atom. The maximum atomic E-state index is 11.4. The Hall–Kier alpha value is -1.28. The average molecular weight is 236 g/mol. The zero-order valence-electron chi connectivity index (χ0n) is 9.22. The second-order valence-electron chi connectivity index (χ2n) is 4.05. The molecule has 84 valence electrons. The van der Waals surface area contributed by atoms with Crippen molar-refractivity contribution in [3.63, 3.8) is 0 Å². The highest BCUT2D eigenvalue weighted by atomic mass is 35.5. The van der Waals surface area contributed by atoms with E-state index in [1.54, 1.807) is 0 Å². The third kappa shape index (κ3) is 2.45. The van der Waals surface area contributed by atoms with Gasteiger partial charge in [-0.05, 0) is 37.5 Å². The molecule has 1 aliphatic rings. The SMILES string of the molecule is Cc1ccc(Cl)cc1N/C=C1/CCCC1=O. The lowest BCUT2D eigenvalue weighted by atomic mass is 10.2. The van der Waals surface area contributed by atoms with E-state index in [0.717, 1.165) is 29.7 Å². The summed E-state index contributed by atoms with van der Waals surface area (Å²) in [7, 11) is 0. The van der Waals surface area contributed by atoms with E-state index in [4.69, 9.17) is 11.6 Å². The predicted octanol–water partition coefficient (Wildman–Crippen LogP) is 3.70. The maximum Gasteiger partial charge on any atom is 0.160 e. The van der Waals surface area contributed by atoms with Gasteiger partial charge in [0.2, 0.25) is 0 Å². The summed E-state index contributed by atoms with van der Waals surface area (Å²) < 4.78 is 0. The van der Waals surface area contributed by atoms with Crippen molar-refractivity contribution >= 4 is 23.1 Å². The van der Waals surface area contributed by atoms with Gasteiger partial charge < -0.3 is 5.32 Å². The van der Waals surface area contributed by atoms with Gasteiger partial charge in [-0.2, -0.15) is 0 Å². The van der Waals surface area contributed by atoms with Crippen LogP contribution in [0.3, 0.4) is 0 Å². The van der Waals surface area contributed by atoms with Crippen LogP contribution in [0.5, 0.6) is 0 Å². The first-order chi connectivity index (χ1) is 7.66. The summed E-state index contributed by atoms with van der Waals surface area (Å²) in [5.41, 5.74) is 2.96. The minimum atomic E-state index is 0.257. The van der Waals surface area contributed by atoms with Crippen LogP contribution >= 0.6 is 11.6 Å². The van der Waals surface area contributed by atoms with Crippen molar-refractivity contribution in [2.75, 3.05) is 5.32 Å². The van der Waals surface area contributed by atoms with E-state index in [0.29, 0.717) is 11.4 Å². The van der Waals surface area contributed by atoms with Crippen LogP contribution in [0.1, 0.15) is 24.8 Å². The highest BCUT2D eigenvalue weighted by Gasteiger charge is 2.16. The summed E-state index contributed by atoms with van der Waals surface area (Å²) in [6, 6.07) is 5.68. The van der Waals surface area contributed by atoms with Crippen molar-refractivity contribution in [1.82, 2.24) is 0 Å². The lowest BCUT2D eigenvalue weighted by molar-refractivity contribution is -0.114. The minimum absolute atomic E-state index is 0.257. The molecule has 2 nitrogen and oxygen atoms in total. The quantitative estimate of drug-likeness (QED) is 0.792. The number of anilines is 1. The Kier molecular flexibility index (Phi) is 3.30. The topological polar surface area (TPSA) is 29.1 Å². The highest BCUT2D eigenvalue weighted by Crippen LogP contribution is 2.23. The van der Waals surface area contributed by atoms with Gasteiger partial charge in [0.15, 0.2) is 5.78 Å². The summed E-state index contributed by atoms with van der Waals surface area (Å²) in [5.74, 6) is 0.257. The predicted molar refractivity (Wildman–Crippen MR) is 66.8 cm³/mol. The van der Waals surface area contributed by atoms with Crippen molar-refractivity contribution in [1.29, 1.82) is 0 Å². The van der Waals surface area contributed by atoms with Crippen LogP contribution in [0, 0.1) is 6.92 Å². The van der Waals surface area contributed by atoms with Crippen LogP contribution in [-0.4, -0.2) is 5.78 Å². The minimum Gasteiger partial charge on any atom is -0.361 e. The number of carbonyl (C=O) groups is 1. The highest BCUT2D eigenvalue weighted by molar-refractivity contribution is 6.30. The van der Waals surface area contributed by atoms with Crippen LogP contribution in [0.4, 0.5) is 5.69 Å². The largest absolute Gasteiger partial charge is 0.361 e. The molecule has 0 unspecified atom stereocenters. The Morgan fingerprint density at radius 1 is 1.38 bits per heavy atom. The molecule has 0 atom stereocenters. The molecule has 1 aliphatic carbocycles. The van der Waals surface area contributed by atoms with Gasteiger partial charge in [0.05, 0.1) is 0 Å². The van der Waals surface area contributed by atoms with E-state index in [2.05, 4.69) is 5.32 Å². The third-order valence-electron chi connectivity index (χ3n) is 2.81. The van der Waals surface area contributed by atoms with Gasteiger partial charge in [0.1, 0.15) is 0 Å². The van der Waals surface area contributed by atoms with Crippen LogP contribution < -0.4 is 5.32 Å². The molecular formula is C13H14ClNO. The van der Waals surface area contributed by atoms with Gasteiger partial charge in [0.25, 0.3) is 0 Å². The number of rotatable bonds is 2. The zero-order chi connectivity index (χ0) is 11.5. The molecule has 0 aliphatic heterocycles. The third-order valence-corrected chi connectivity index (χ3v) is 3.04. The van der Waals surface area contributed by atoms with Crippen molar-refractivity contribution in [2.45, 2.75) is 26.2 Å². The Balaban J connectivity index is 2.15. The second kappa shape index (κ2) is 4.71. The van der Waals surface area contributed by atoms with E-state index in [9.17, 15) is 4.79 Å². The summed E-state index contributed by atoms with van der Waals surface area (Å²) in [4.78, 5) is 11.4.